The second-order valence-electron chi connectivity index (χ2n) is 7.07. The molecule has 1 aromatic heterocycles. The number of nitrogens with one attached hydrogen (secondary N) is 1. The maximum absolute atomic E-state index is 12.6. The molecule has 5 nitrogen and oxygen atoms in total. The van der Waals surface area contributed by atoms with E-state index in [0.717, 1.165) is 31.5 Å². The van der Waals surface area contributed by atoms with E-state index in [1.807, 2.05) is 36.1 Å². The first-order valence-corrected chi connectivity index (χ1v) is 9.12. The Bertz CT molecular complexity index is 778. The molecule has 3 rings (SSSR count). The summed E-state index contributed by atoms with van der Waals surface area (Å²) in [6.07, 6.45) is 3.56. The van der Waals surface area contributed by atoms with E-state index in [1.54, 1.807) is 12.1 Å². The van der Waals surface area contributed by atoms with Gasteiger partial charge in [0.05, 0.1) is 0 Å². The molecule has 0 bridgehead atoms. The number of likely N-dealkylation sites (tertiary alicyclic amines) is 1. The molecule has 0 radical (unpaired) electrons. The summed E-state index contributed by atoms with van der Waals surface area (Å²) >= 11 is 0. The highest BCUT2D eigenvalue weighted by Crippen LogP contribution is 2.18. The third-order valence-electron chi connectivity index (χ3n) is 4.89. The van der Waals surface area contributed by atoms with E-state index >= 15 is 0 Å². The molecule has 1 N–H and O–H groups in total. The van der Waals surface area contributed by atoms with Crippen LogP contribution in [0.3, 0.4) is 0 Å². The highest BCUT2D eigenvalue weighted by atomic mass is 16.2. The normalized spacial score (nSPS) is 14.9. The van der Waals surface area contributed by atoms with Crippen LogP contribution in [0.25, 0.3) is 0 Å². The van der Waals surface area contributed by atoms with E-state index in [1.165, 1.54) is 11.8 Å². The largest absolute Gasteiger partial charge is 0.348 e. The van der Waals surface area contributed by atoms with Gasteiger partial charge in [-0.25, -0.2) is 0 Å². The third kappa shape index (κ3) is 4.48. The molecule has 1 saturated heterocycles. The average molecular weight is 351 g/mol. The molecule has 0 unspecified atom stereocenters. The molecule has 2 heterocycles. The van der Waals surface area contributed by atoms with Crippen LogP contribution in [0.4, 0.5) is 0 Å². The number of amides is 2. The van der Waals surface area contributed by atoms with Gasteiger partial charge in [-0.2, -0.15) is 0 Å². The molecule has 26 heavy (non-hydrogen) atoms. The number of pyridine rings is 1. The maximum atomic E-state index is 12.6. The number of benzene rings is 1. The monoisotopic (exact) mass is 351 g/mol. The number of aryl methyl sites for hydroxylation is 1. The van der Waals surface area contributed by atoms with Gasteiger partial charge in [-0.3, -0.25) is 14.6 Å². The summed E-state index contributed by atoms with van der Waals surface area (Å²) in [5, 5.41) is 2.89. The molecular formula is C21H25N3O2. The Balaban J connectivity index is 1.63. The quantitative estimate of drug-likeness (QED) is 0.920. The lowest BCUT2D eigenvalue weighted by atomic mass is 9.99. The molecule has 1 aliphatic heterocycles. The number of aromatic nitrogens is 1. The molecule has 136 valence electrons. The summed E-state index contributed by atoms with van der Waals surface area (Å²) in [5.74, 6) is 0.366. The fourth-order valence-corrected chi connectivity index (χ4v) is 3.05. The van der Waals surface area contributed by atoms with Crippen LogP contribution in [0.15, 0.2) is 42.6 Å². The van der Waals surface area contributed by atoms with Crippen molar-refractivity contribution in [1.82, 2.24) is 15.2 Å². The first-order chi connectivity index (χ1) is 12.5. The van der Waals surface area contributed by atoms with E-state index in [0.29, 0.717) is 23.7 Å². The SMILES string of the molecule is Cc1ccc(CNC(=O)c2ccnc(C(=O)N3CCC(C)CC3)c2)cc1. The van der Waals surface area contributed by atoms with Crippen molar-refractivity contribution in [3.63, 3.8) is 0 Å². The van der Waals surface area contributed by atoms with Gasteiger partial charge in [0.15, 0.2) is 0 Å². The smallest absolute Gasteiger partial charge is 0.272 e. The number of rotatable bonds is 4. The van der Waals surface area contributed by atoms with E-state index in [9.17, 15) is 9.59 Å². The van der Waals surface area contributed by atoms with Crippen LogP contribution in [0.1, 0.15) is 51.7 Å². The molecule has 5 heteroatoms. The molecule has 0 aliphatic carbocycles. The van der Waals surface area contributed by atoms with Crippen LogP contribution in [-0.4, -0.2) is 34.8 Å². The summed E-state index contributed by atoms with van der Waals surface area (Å²) in [5.41, 5.74) is 3.02. The van der Waals surface area contributed by atoms with Crippen LogP contribution < -0.4 is 5.32 Å². The molecule has 0 atom stereocenters. The molecular weight excluding hydrogens is 326 g/mol. The second kappa shape index (κ2) is 8.13. The van der Waals surface area contributed by atoms with Gasteiger partial charge in [0.1, 0.15) is 5.69 Å². The number of hydrogen-bond acceptors (Lipinski definition) is 3. The molecule has 2 amide bonds. The number of nitrogens with zero attached hydrogens (tertiary/aromatic N) is 2. The Kier molecular flexibility index (Phi) is 5.66. The van der Waals surface area contributed by atoms with E-state index in [2.05, 4.69) is 17.2 Å². The zero-order valence-corrected chi connectivity index (χ0v) is 15.4. The summed E-state index contributed by atoms with van der Waals surface area (Å²) in [4.78, 5) is 31.0. The van der Waals surface area contributed by atoms with Gasteiger partial charge >= 0.3 is 0 Å². The van der Waals surface area contributed by atoms with Crippen molar-refractivity contribution in [1.29, 1.82) is 0 Å². The molecule has 0 saturated carbocycles. The van der Waals surface area contributed by atoms with Crippen molar-refractivity contribution in [3.05, 3.63) is 65.0 Å². The van der Waals surface area contributed by atoms with Crippen molar-refractivity contribution in [2.24, 2.45) is 5.92 Å². The third-order valence-corrected chi connectivity index (χ3v) is 4.89. The van der Waals surface area contributed by atoms with Crippen LogP contribution in [0.2, 0.25) is 0 Å². The van der Waals surface area contributed by atoms with Crippen molar-refractivity contribution < 1.29 is 9.59 Å². The van der Waals surface area contributed by atoms with Gasteiger partial charge in [-0.15, -0.1) is 0 Å². The minimum absolute atomic E-state index is 0.0925. The van der Waals surface area contributed by atoms with Crippen molar-refractivity contribution >= 4 is 11.8 Å². The standard InChI is InChI=1S/C21H25N3O2/c1-15-3-5-17(6-4-15)14-23-20(25)18-7-10-22-19(13-18)21(26)24-11-8-16(2)9-12-24/h3-7,10,13,16H,8-9,11-12,14H2,1-2H3,(H,23,25). The van der Waals surface area contributed by atoms with Gasteiger partial charge < -0.3 is 10.2 Å². The summed E-state index contributed by atoms with van der Waals surface area (Å²) < 4.78 is 0. The number of carbonyl (C=O) groups excluding carboxylic acids is 2. The Morgan fingerprint density at radius 1 is 1.15 bits per heavy atom. The topological polar surface area (TPSA) is 62.3 Å². The molecule has 1 fully saturated rings. The average Bonchev–Trinajstić information content (AvgIpc) is 2.67. The highest BCUT2D eigenvalue weighted by molar-refractivity contribution is 5.98. The summed E-state index contributed by atoms with van der Waals surface area (Å²) in [6.45, 7) is 6.20. The van der Waals surface area contributed by atoms with Gasteiger partial charge in [0.2, 0.25) is 0 Å². The number of piperidine rings is 1. The molecule has 0 spiro atoms. The Hall–Kier alpha value is -2.69. The van der Waals surface area contributed by atoms with Crippen molar-refractivity contribution in [2.45, 2.75) is 33.2 Å². The van der Waals surface area contributed by atoms with E-state index in [4.69, 9.17) is 0 Å². The number of hydrogen-bond donors (Lipinski definition) is 1. The minimum atomic E-state index is -0.200. The molecule has 2 aromatic rings. The maximum Gasteiger partial charge on any atom is 0.272 e. The van der Waals surface area contributed by atoms with Crippen molar-refractivity contribution in [3.8, 4) is 0 Å². The van der Waals surface area contributed by atoms with Gasteiger partial charge in [0.25, 0.3) is 11.8 Å². The predicted octanol–water partition coefficient (Wildman–Crippen LogP) is 3.19. The zero-order valence-electron chi connectivity index (χ0n) is 15.4. The Labute approximate surface area is 154 Å². The highest BCUT2D eigenvalue weighted by Gasteiger charge is 2.22. The van der Waals surface area contributed by atoms with Gasteiger partial charge in [0, 0.05) is 31.4 Å². The first kappa shape index (κ1) is 18.1. The van der Waals surface area contributed by atoms with Crippen LogP contribution in [0, 0.1) is 12.8 Å². The lowest BCUT2D eigenvalue weighted by Crippen LogP contribution is -2.38. The van der Waals surface area contributed by atoms with Crippen LogP contribution in [-0.2, 0) is 6.54 Å². The second-order valence-corrected chi connectivity index (χ2v) is 7.07. The van der Waals surface area contributed by atoms with Crippen molar-refractivity contribution in [2.75, 3.05) is 13.1 Å². The fourth-order valence-electron chi connectivity index (χ4n) is 3.05. The molecule has 1 aromatic carbocycles. The van der Waals surface area contributed by atoms with Crippen LogP contribution >= 0.6 is 0 Å². The minimum Gasteiger partial charge on any atom is -0.348 e. The lowest BCUT2D eigenvalue weighted by molar-refractivity contribution is 0.0691. The Morgan fingerprint density at radius 3 is 2.54 bits per heavy atom. The zero-order chi connectivity index (χ0) is 18.5. The summed E-state index contributed by atoms with van der Waals surface area (Å²) in [6, 6.07) is 11.3. The van der Waals surface area contributed by atoms with Gasteiger partial charge in [-0.05, 0) is 43.4 Å². The summed E-state index contributed by atoms with van der Waals surface area (Å²) in [7, 11) is 0. The van der Waals surface area contributed by atoms with Gasteiger partial charge in [-0.1, -0.05) is 36.8 Å². The van der Waals surface area contributed by atoms with E-state index < -0.39 is 0 Å². The van der Waals surface area contributed by atoms with Crippen LogP contribution in [0.5, 0.6) is 0 Å². The number of carbonyl (C=O) groups is 2. The molecule has 1 aliphatic rings. The van der Waals surface area contributed by atoms with E-state index in [-0.39, 0.29) is 11.8 Å². The fraction of sp³-hybridized carbons (Fsp3) is 0.381. The first-order valence-electron chi connectivity index (χ1n) is 9.12. The Morgan fingerprint density at radius 2 is 1.85 bits per heavy atom. The lowest BCUT2D eigenvalue weighted by Gasteiger charge is -2.30. The predicted molar refractivity (Wildman–Crippen MR) is 101 cm³/mol.